The van der Waals surface area contributed by atoms with Crippen molar-refractivity contribution in [1.29, 1.82) is 0 Å². The summed E-state index contributed by atoms with van der Waals surface area (Å²) in [4.78, 5) is 26.7. The lowest BCUT2D eigenvalue weighted by molar-refractivity contribution is 0.0257. The van der Waals surface area contributed by atoms with Crippen LogP contribution in [0.3, 0.4) is 0 Å². The third kappa shape index (κ3) is 4.00. The Morgan fingerprint density at radius 3 is 2.30 bits per heavy atom. The van der Waals surface area contributed by atoms with Crippen molar-refractivity contribution in [1.82, 2.24) is 15.3 Å². The summed E-state index contributed by atoms with van der Waals surface area (Å²) in [6.07, 6.45) is 5.35. The van der Waals surface area contributed by atoms with Gasteiger partial charge in [-0.1, -0.05) is 12.8 Å². The fourth-order valence-corrected chi connectivity index (χ4v) is 2.76. The molecule has 0 saturated carbocycles. The fraction of sp³-hybridized carbons (Fsp3) is 0.846. The first-order valence-electron chi connectivity index (χ1n) is 7.35. The summed E-state index contributed by atoms with van der Waals surface area (Å²) < 4.78 is 5.49. The van der Waals surface area contributed by atoms with Crippen molar-refractivity contribution in [2.75, 3.05) is 26.2 Å². The monoisotopic (exact) mass is 285 g/mol. The lowest BCUT2D eigenvalue weighted by Gasteiger charge is -2.32. The third-order valence-electron chi connectivity index (χ3n) is 3.89. The minimum atomic E-state index is -0.541. The fourth-order valence-electron chi connectivity index (χ4n) is 2.76. The molecule has 1 unspecified atom stereocenters. The molecule has 0 aromatic rings. The minimum Gasteiger partial charge on any atom is -0.444 e. The number of nitrogens with one attached hydrogen (secondary N) is 1. The Bertz CT molecular complexity index is 343. The number of ether oxygens (including phenoxy) is 1. The smallest absolute Gasteiger partial charge is 0.410 e. The number of hydroxylamine groups is 1. The maximum absolute atomic E-state index is 12.1. The minimum absolute atomic E-state index is 0.275. The van der Waals surface area contributed by atoms with E-state index in [4.69, 9.17) is 9.94 Å². The molecule has 1 atom stereocenters. The molecule has 0 aliphatic carbocycles. The van der Waals surface area contributed by atoms with Gasteiger partial charge in [-0.05, 0) is 25.7 Å². The van der Waals surface area contributed by atoms with Crippen LogP contribution >= 0.6 is 0 Å². The summed E-state index contributed by atoms with van der Waals surface area (Å²) in [5.41, 5.74) is 1.62. The Labute approximate surface area is 118 Å². The summed E-state index contributed by atoms with van der Waals surface area (Å²) in [5, 5.41) is 8.63. The van der Waals surface area contributed by atoms with E-state index in [1.807, 2.05) is 0 Å². The van der Waals surface area contributed by atoms with Gasteiger partial charge in [0.15, 0.2) is 0 Å². The topological polar surface area (TPSA) is 82.1 Å². The van der Waals surface area contributed by atoms with Gasteiger partial charge in [-0.3, -0.25) is 5.21 Å². The lowest BCUT2D eigenvalue weighted by Crippen LogP contribution is -2.48. The predicted molar refractivity (Wildman–Crippen MR) is 71.4 cm³/mol. The van der Waals surface area contributed by atoms with Crippen molar-refractivity contribution in [3.05, 3.63) is 0 Å². The van der Waals surface area contributed by atoms with E-state index in [1.54, 1.807) is 10.4 Å². The molecule has 3 amide bonds. The van der Waals surface area contributed by atoms with E-state index >= 15 is 0 Å². The molecule has 0 aromatic carbocycles. The first-order chi connectivity index (χ1) is 9.70. The molecule has 114 valence electrons. The zero-order valence-corrected chi connectivity index (χ0v) is 11.7. The number of urea groups is 1. The van der Waals surface area contributed by atoms with Gasteiger partial charge in [0, 0.05) is 19.6 Å². The van der Waals surface area contributed by atoms with Crippen LogP contribution in [0.25, 0.3) is 0 Å². The lowest BCUT2D eigenvalue weighted by atomic mass is 10.1. The molecule has 2 heterocycles. The standard InChI is InChI=1S/C13H23N3O4/c17-12(14-19)16-9-5-6-11(10-16)20-13(18)15-7-3-1-2-4-8-15/h11,19H,1-10H2,(H,14,17). The largest absolute Gasteiger partial charge is 0.444 e. The van der Waals surface area contributed by atoms with Gasteiger partial charge in [0.05, 0.1) is 6.54 Å². The number of nitrogens with zero attached hydrogens (tertiary/aromatic N) is 2. The Hall–Kier alpha value is -1.50. The van der Waals surface area contributed by atoms with Crippen molar-refractivity contribution in [2.24, 2.45) is 0 Å². The molecule has 2 rings (SSSR count). The second kappa shape index (κ2) is 7.33. The summed E-state index contributed by atoms with van der Waals surface area (Å²) in [6.45, 7) is 2.43. The average molecular weight is 285 g/mol. The average Bonchev–Trinajstić information content (AvgIpc) is 2.76. The zero-order valence-electron chi connectivity index (χ0n) is 11.7. The molecule has 0 spiro atoms. The Morgan fingerprint density at radius 1 is 1.00 bits per heavy atom. The van der Waals surface area contributed by atoms with Crippen molar-refractivity contribution in [2.45, 2.75) is 44.6 Å². The van der Waals surface area contributed by atoms with Crippen LogP contribution in [0.2, 0.25) is 0 Å². The van der Waals surface area contributed by atoms with E-state index in [1.165, 1.54) is 4.90 Å². The first kappa shape index (κ1) is 14.9. The SMILES string of the molecule is O=C(NO)N1CCCC(OC(=O)N2CCCCCC2)C1. The van der Waals surface area contributed by atoms with E-state index in [9.17, 15) is 9.59 Å². The number of rotatable bonds is 1. The molecular formula is C13H23N3O4. The predicted octanol–water partition coefficient (Wildman–Crippen LogP) is 1.56. The summed E-state index contributed by atoms with van der Waals surface area (Å²) in [5.74, 6) is 0. The number of hydrogen-bond donors (Lipinski definition) is 2. The third-order valence-corrected chi connectivity index (χ3v) is 3.89. The van der Waals surface area contributed by atoms with Crippen molar-refractivity contribution in [3.8, 4) is 0 Å². The molecule has 2 aliphatic heterocycles. The van der Waals surface area contributed by atoms with Gasteiger partial charge >= 0.3 is 12.1 Å². The van der Waals surface area contributed by atoms with Crippen molar-refractivity contribution in [3.63, 3.8) is 0 Å². The molecule has 7 heteroatoms. The summed E-state index contributed by atoms with van der Waals surface area (Å²) in [7, 11) is 0. The van der Waals surface area contributed by atoms with Crippen LogP contribution in [0, 0.1) is 0 Å². The maximum atomic E-state index is 12.1. The second-order valence-electron chi connectivity index (χ2n) is 5.41. The molecule has 2 aliphatic rings. The summed E-state index contributed by atoms with van der Waals surface area (Å²) >= 11 is 0. The van der Waals surface area contributed by atoms with Gasteiger partial charge in [-0.25, -0.2) is 15.1 Å². The molecule has 0 radical (unpaired) electrons. The molecular weight excluding hydrogens is 262 g/mol. The molecule has 2 saturated heterocycles. The van der Waals surface area contributed by atoms with Gasteiger partial charge in [-0.15, -0.1) is 0 Å². The van der Waals surface area contributed by atoms with Gasteiger partial charge in [0.2, 0.25) is 0 Å². The van der Waals surface area contributed by atoms with E-state index < -0.39 is 6.03 Å². The highest BCUT2D eigenvalue weighted by atomic mass is 16.6. The highest BCUT2D eigenvalue weighted by Crippen LogP contribution is 2.16. The van der Waals surface area contributed by atoms with Crippen LogP contribution in [-0.4, -0.2) is 59.4 Å². The van der Waals surface area contributed by atoms with E-state index in [0.29, 0.717) is 13.1 Å². The Morgan fingerprint density at radius 2 is 1.65 bits per heavy atom. The van der Waals surface area contributed by atoms with Gasteiger partial charge in [0.1, 0.15) is 6.10 Å². The van der Waals surface area contributed by atoms with E-state index in [2.05, 4.69) is 0 Å². The number of hydrogen-bond acceptors (Lipinski definition) is 4. The van der Waals surface area contributed by atoms with Crippen molar-refractivity contribution >= 4 is 12.1 Å². The first-order valence-corrected chi connectivity index (χ1v) is 7.35. The molecule has 7 nitrogen and oxygen atoms in total. The van der Waals surface area contributed by atoms with E-state index in [-0.39, 0.29) is 12.2 Å². The van der Waals surface area contributed by atoms with Crippen LogP contribution in [0.4, 0.5) is 9.59 Å². The molecule has 0 aromatic heterocycles. The highest BCUT2D eigenvalue weighted by molar-refractivity contribution is 5.73. The van der Waals surface area contributed by atoms with Gasteiger partial charge < -0.3 is 14.5 Å². The van der Waals surface area contributed by atoms with Gasteiger partial charge in [0.25, 0.3) is 0 Å². The highest BCUT2D eigenvalue weighted by Gasteiger charge is 2.27. The molecule has 0 bridgehead atoms. The van der Waals surface area contributed by atoms with Crippen LogP contribution in [-0.2, 0) is 4.74 Å². The van der Waals surface area contributed by atoms with Crippen LogP contribution in [0.5, 0.6) is 0 Å². The number of amides is 3. The normalized spacial score (nSPS) is 23.9. The summed E-state index contributed by atoms with van der Waals surface area (Å²) in [6, 6.07) is -0.541. The second-order valence-corrected chi connectivity index (χ2v) is 5.41. The van der Waals surface area contributed by atoms with Gasteiger partial charge in [-0.2, -0.15) is 0 Å². The molecule has 20 heavy (non-hydrogen) atoms. The Kier molecular flexibility index (Phi) is 5.46. The number of piperidine rings is 1. The number of carbonyl (C=O) groups excluding carboxylic acids is 2. The number of carbonyl (C=O) groups is 2. The molecule has 2 fully saturated rings. The van der Waals surface area contributed by atoms with Crippen LogP contribution in [0.15, 0.2) is 0 Å². The maximum Gasteiger partial charge on any atom is 0.410 e. The molecule has 2 N–H and O–H groups in total. The Balaban J connectivity index is 1.82. The number of likely N-dealkylation sites (tertiary alicyclic amines) is 2. The van der Waals surface area contributed by atoms with Crippen molar-refractivity contribution < 1.29 is 19.5 Å². The van der Waals surface area contributed by atoms with Crippen LogP contribution in [0.1, 0.15) is 38.5 Å². The zero-order chi connectivity index (χ0) is 14.4. The quantitative estimate of drug-likeness (QED) is 0.566. The van der Waals surface area contributed by atoms with E-state index in [0.717, 1.165) is 51.6 Å². The van der Waals surface area contributed by atoms with Crippen LogP contribution < -0.4 is 5.48 Å².